The second-order valence-electron chi connectivity index (χ2n) is 7.93. The first kappa shape index (κ1) is 19.2. The zero-order valence-corrected chi connectivity index (χ0v) is 17.3. The number of rotatable bonds is 8. The summed E-state index contributed by atoms with van der Waals surface area (Å²) in [5.74, 6) is 0.116. The van der Waals surface area contributed by atoms with Crippen molar-refractivity contribution in [3.63, 3.8) is 0 Å². The van der Waals surface area contributed by atoms with Crippen molar-refractivity contribution in [3.8, 4) is 0 Å². The molecule has 31 heavy (non-hydrogen) atoms. The fraction of sp³-hybridized carbons (Fsp3) is 0.192. The molecule has 0 aliphatic rings. The molecule has 5 aromatic rings. The lowest BCUT2D eigenvalue weighted by Gasteiger charge is -2.03. The third-order valence-corrected chi connectivity index (χ3v) is 5.73. The number of fused-ring (bicyclic) bond motifs is 2. The molecule has 0 aliphatic carbocycles. The van der Waals surface area contributed by atoms with Gasteiger partial charge in [-0.3, -0.25) is 9.89 Å². The number of aromatic amines is 1. The van der Waals surface area contributed by atoms with Crippen LogP contribution in [-0.2, 0) is 19.3 Å². The van der Waals surface area contributed by atoms with Gasteiger partial charge in [0.15, 0.2) is 5.78 Å². The predicted octanol–water partition coefficient (Wildman–Crippen LogP) is 5.20. The number of Topliss-reactive ketones (excluding diaryl/α,β-unsaturated/α-hetero) is 1. The smallest absolute Gasteiger partial charge is 0.164 e. The standard InChI is InChI=1S/C26H24N4O/c31-25(22-10-5-11-24-23(22)16-27-29-24)14-13-21-18-30-17-20(12-15-26(30)28-21)9-4-8-19-6-2-1-3-7-19/h1-3,5-7,10-12,15-18H,4,8-9,13-14H2,(H,27,29). The molecule has 3 aromatic heterocycles. The normalized spacial score (nSPS) is 11.4. The number of carbonyl (C=O) groups is 1. The van der Waals surface area contributed by atoms with E-state index in [9.17, 15) is 4.79 Å². The van der Waals surface area contributed by atoms with Crippen LogP contribution in [0.25, 0.3) is 16.6 Å². The Morgan fingerprint density at radius 1 is 0.871 bits per heavy atom. The fourth-order valence-corrected chi connectivity index (χ4v) is 4.09. The van der Waals surface area contributed by atoms with Crippen LogP contribution in [0.15, 0.2) is 79.3 Å². The van der Waals surface area contributed by atoms with Gasteiger partial charge in [-0.15, -0.1) is 0 Å². The zero-order valence-electron chi connectivity index (χ0n) is 17.3. The van der Waals surface area contributed by atoms with Gasteiger partial charge in [-0.25, -0.2) is 4.98 Å². The quantitative estimate of drug-likeness (QED) is 0.359. The molecular weight excluding hydrogens is 384 g/mol. The van der Waals surface area contributed by atoms with Crippen LogP contribution in [0, 0.1) is 0 Å². The summed E-state index contributed by atoms with van der Waals surface area (Å²) in [5, 5.41) is 7.84. The molecule has 0 saturated carbocycles. The Labute approximate surface area is 180 Å². The SMILES string of the molecule is O=C(CCc1cn2cc(CCCc3ccccc3)ccc2n1)c1cccc2[nH]ncc12. The number of imidazole rings is 1. The zero-order chi connectivity index (χ0) is 21.0. The van der Waals surface area contributed by atoms with Crippen molar-refractivity contribution >= 4 is 22.3 Å². The number of ketones is 1. The summed E-state index contributed by atoms with van der Waals surface area (Å²) in [5.41, 5.74) is 6.15. The van der Waals surface area contributed by atoms with Crippen LogP contribution in [-0.4, -0.2) is 25.4 Å². The Kier molecular flexibility index (Phi) is 5.31. The molecule has 0 aliphatic heterocycles. The van der Waals surface area contributed by atoms with Gasteiger partial charge in [-0.2, -0.15) is 5.10 Å². The first-order valence-corrected chi connectivity index (χ1v) is 10.7. The van der Waals surface area contributed by atoms with E-state index >= 15 is 0 Å². The molecule has 0 amide bonds. The van der Waals surface area contributed by atoms with Gasteiger partial charge in [0.1, 0.15) is 5.65 Å². The summed E-state index contributed by atoms with van der Waals surface area (Å²) >= 11 is 0. The van der Waals surface area contributed by atoms with Crippen LogP contribution in [0.3, 0.4) is 0 Å². The molecule has 1 N–H and O–H groups in total. The molecule has 0 unspecified atom stereocenters. The minimum Gasteiger partial charge on any atom is -0.307 e. The first-order valence-electron chi connectivity index (χ1n) is 10.7. The first-order chi connectivity index (χ1) is 15.3. The highest BCUT2D eigenvalue weighted by atomic mass is 16.1. The molecule has 0 bridgehead atoms. The largest absolute Gasteiger partial charge is 0.307 e. The number of nitrogens with one attached hydrogen (secondary N) is 1. The van der Waals surface area contributed by atoms with Crippen LogP contribution < -0.4 is 0 Å². The maximum atomic E-state index is 12.8. The summed E-state index contributed by atoms with van der Waals surface area (Å²) in [7, 11) is 0. The highest BCUT2D eigenvalue weighted by molar-refractivity contribution is 6.07. The van der Waals surface area contributed by atoms with Crippen molar-refractivity contribution in [2.75, 3.05) is 0 Å². The molecule has 0 saturated heterocycles. The van der Waals surface area contributed by atoms with Gasteiger partial charge in [0.05, 0.1) is 17.4 Å². The third-order valence-electron chi connectivity index (χ3n) is 5.73. The number of nitrogens with zero attached hydrogens (tertiary/aromatic N) is 3. The third kappa shape index (κ3) is 4.26. The van der Waals surface area contributed by atoms with Gasteiger partial charge in [0.2, 0.25) is 0 Å². The van der Waals surface area contributed by atoms with E-state index in [1.54, 1.807) is 6.20 Å². The molecule has 154 valence electrons. The molecule has 0 fully saturated rings. The monoisotopic (exact) mass is 408 g/mol. The number of carbonyl (C=O) groups excluding carboxylic acids is 1. The molecule has 3 heterocycles. The minimum atomic E-state index is 0.116. The van der Waals surface area contributed by atoms with Crippen molar-refractivity contribution in [2.24, 2.45) is 0 Å². The van der Waals surface area contributed by atoms with Crippen molar-refractivity contribution in [1.82, 2.24) is 19.6 Å². The molecule has 0 radical (unpaired) electrons. The van der Waals surface area contributed by atoms with E-state index in [1.807, 2.05) is 24.4 Å². The average molecular weight is 409 g/mol. The van der Waals surface area contributed by atoms with Gasteiger partial charge < -0.3 is 4.40 Å². The van der Waals surface area contributed by atoms with Crippen LogP contribution in [0.2, 0.25) is 0 Å². The van der Waals surface area contributed by atoms with Crippen molar-refractivity contribution in [1.29, 1.82) is 0 Å². The van der Waals surface area contributed by atoms with E-state index in [-0.39, 0.29) is 5.78 Å². The van der Waals surface area contributed by atoms with E-state index < -0.39 is 0 Å². The Balaban J connectivity index is 1.22. The number of hydrogen-bond donors (Lipinski definition) is 1. The molecule has 5 heteroatoms. The van der Waals surface area contributed by atoms with E-state index in [0.717, 1.165) is 47.1 Å². The van der Waals surface area contributed by atoms with E-state index in [1.165, 1.54) is 11.1 Å². The van der Waals surface area contributed by atoms with Crippen LogP contribution in [0.5, 0.6) is 0 Å². The number of aryl methyl sites for hydroxylation is 3. The van der Waals surface area contributed by atoms with E-state index in [2.05, 4.69) is 63.3 Å². The second kappa shape index (κ2) is 8.56. The summed E-state index contributed by atoms with van der Waals surface area (Å²) in [6, 6.07) is 20.5. The second-order valence-corrected chi connectivity index (χ2v) is 7.93. The van der Waals surface area contributed by atoms with Crippen LogP contribution in [0.1, 0.15) is 40.0 Å². The van der Waals surface area contributed by atoms with Crippen molar-refractivity contribution < 1.29 is 4.79 Å². The molecule has 0 spiro atoms. The number of pyridine rings is 1. The van der Waals surface area contributed by atoms with Gasteiger partial charge >= 0.3 is 0 Å². The Morgan fingerprint density at radius 2 is 1.74 bits per heavy atom. The van der Waals surface area contributed by atoms with Crippen molar-refractivity contribution in [3.05, 3.63) is 102 Å². The van der Waals surface area contributed by atoms with E-state index in [4.69, 9.17) is 4.98 Å². The van der Waals surface area contributed by atoms with Gasteiger partial charge in [0, 0.05) is 29.8 Å². The van der Waals surface area contributed by atoms with Gasteiger partial charge in [-0.1, -0.05) is 48.5 Å². The Bertz CT molecular complexity index is 1330. The van der Waals surface area contributed by atoms with Gasteiger partial charge in [-0.05, 0) is 48.9 Å². The summed E-state index contributed by atoms with van der Waals surface area (Å²) < 4.78 is 2.08. The summed E-state index contributed by atoms with van der Waals surface area (Å²) in [4.78, 5) is 17.5. The molecule has 2 aromatic carbocycles. The lowest BCUT2D eigenvalue weighted by molar-refractivity contribution is 0.0984. The van der Waals surface area contributed by atoms with Crippen LogP contribution >= 0.6 is 0 Å². The number of aromatic nitrogens is 4. The Morgan fingerprint density at radius 3 is 2.65 bits per heavy atom. The topological polar surface area (TPSA) is 63.1 Å². The van der Waals surface area contributed by atoms with Crippen molar-refractivity contribution in [2.45, 2.75) is 32.1 Å². The summed E-state index contributed by atoms with van der Waals surface area (Å²) in [6.07, 6.45) is 10.2. The average Bonchev–Trinajstić information content (AvgIpc) is 3.44. The fourth-order valence-electron chi connectivity index (χ4n) is 4.09. The Hall–Kier alpha value is -3.73. The highest BCUT2D eigenvalue weighted by Gasteiger charge is 2.12. The maximum Gasteiger partial charge on any atom is 0.164 e. The number of benzene rings is 2. The molecule has 5 nitrogen and oxygen atoms in total. The summed E-state index contributed by atoms with van der Waals surface area (Å²) in [6.45, 7) is 0. The lowest BCUT2D eigenvalue weighted by atomic mass is 10.0. The van der Waals surface area contributed by atoms with Gasteiger partial charge in [0.25, 0.3) is 0 Å². The van der Waals surface area contributed by atoms with E-state index in [0.29, 0.717) is 12.8 Å². The molecule has 5 rings (SSSR count). The number of hydrogen-bond acceptors (Lipinski definition) is 3. The minimum absolute atomic E-state index is 0.116. The molecule has 0 atom stereocenters. The predicted molar refractivity (Wildman–Crippen MR) is 122 cm³/mol. The highest BCUT2D eigenvalue weighted by Crippen LogP contribution is 2.19. The lowest BCUT2D eigenvalue weighted by Crippen LogP contribution is -2.01. The van der Waals surface area contributed by atoms with Crippen LogP contribution in [0.4, 0.5) is 0 Å². The number of H-pyrrole nitrogens is 1. The maximum absolute atomic E-state index is 12.8. The molecular formula is C26H24N4O.